The van der Waals surface area contributed by atoms with Crippen molar-refractivity contribution in [2.45, 2.75) is 26.5 Å². The van der Waals surface area contributed by atoms with Gasteiger partial charge in [-0.05, 0) is 12.5 Å². The molecule has 0 aliphatic rings. The quantitative estimate of drug-likeness (QED) is 0.735. The van der Waals surface area contributed by atoms with Gasteiger partial charge in [0.1, 0.15) is 12.3 Å². The van der Waals surface area contributed by atoms with Gasteiger partial charge < -0.3 is 15.0 Å². The number of hydrogen-bond donors (Lipinski definition) is 1. The summed E-state index contributed by atoms with van der Waals surface area (Å²) in [6.45, 7) is 2.94. The van der Waals surface area contributed by atoms with Crippen molar-refractivity contribution in [3.63, 3.8) is 0 Å². The van der Waals surface area contributed by atoms with Gasteiger partial charge in [0.15, 0.2) is 4.96 Å². The second kappa shape index (κ2) is 5.61. The summed E-state index contributed by atoms with van der Waals surface area (Å²) >= 11 is 1.54. The average Bonchev–Trinajstić information content (AvgIpc) is 3.10. The van der Waals surface area contributed by atoms with Crippen molar-refractivity contribution < 1.29 is 9.53 Å². The van der Waals surface area contributed by atoms with Gasteiger partial charge in [0.25, 0.3) is 0 Å². The fourth-order valence-electron chi connectivity index (χ4n) is 2.19. The van der Waals surface area contributed by atoms with E-state index >= 15 is 0 Å². The first kappa shape index (κ1) is 13.7. The summed E-state index contributed by atoms with van der Waals surface area (Å²) in [5.41, 5.74) is 7.53. The van der Waals surface area contributed by atoms with E-state index in [0.29, 0.717) is 11.4 Å². The van der Waals surface area contributed by atoms with E-state index in [2.05, 4.69) is 4.98 Å². The van der Waals surface area contributed by atoms with Crippen molar-refractivity contribution >= 4 is 28.0 Å². The number of hydrogen-bond acceptors (Lipinski definition) is 5. The molecule has 2 N–H and O–H groups in total. The number of aryl methyl sites for hydroxylation is 1. The van der Waals surface area contributed by atoms with E-state index in [0.717, 1.165) is 23.6 Å². The normalized spacial score (nSPS) is 11.1. The number of esters is 1. The first-order chi connectivity index (χ1) is 10.2. The average molecular weight is 304 g/mol. The van der Waals surface area contributed by atoms with Crippen LogP contribution >= 0.6 is 11.3 Å². The van der Waals surface area contributed by atoms with Gasteiger partial charge in [-0.25, -0.2) is 9.78 Å². The zero-order valence-electron chi connectivity index (χ0n) is 11.7. The Morgan fingerprint density at radius 2 is 2.33 bits per heavy atom. The number of carbonyl (C=O) groups is 1. The maximum absolute atomic E-state index is 12.1. The van der Waals surface area contributed by atoms with Crippen LogP contribution in [0.25, 0.3) is 4.96 Å². The van der Waals surface area contributed by atoms with E-state index in [1.54, 1.807) is 23.6 Å². The predicted octanol–water partition coefficient (Wildman–Crippen LogP) is 2.55. The summed E-state index contributed by atoms with van der Waals surface area (Å²) in [6.07, 6.45) is 6.46. The minimum absolute atomic E-state index is 0.157. The van der Waals surface area contributed by atoms with Crippen molar-refractivity contribution in [2.75, 3.05) is 5.73 Å². The second-order valence-electron chi connectivity index (χ2n) is 4.75. The third-order valence-corrected chi connectivity index (χ3v) is 3.86. The number of anilines is 1. The molecular weight excluding hydrogens is 288 g/mol. The number of nitrogens with two attached hydrogens (primary N) is 1. The first-order valence-corrected chi connectivity index (χ1v) is 7.59. The Bertz CT molecular complexity index is 742. The molecule has 0 spiro atoms. The van der Waals surface area contributed by atoms with Crippen molar-refractivity contribution in [3.05, 3.63) is 41.4 Å². The van der Waals surface area contributed by atoms with Gasteiger partial charge >= 0.3 is 5.97 Å². The standard InChI is InChI=1S/C14H16N4O2S/c1-2-3-17-7-10(15)6-12(17)13(19)20-9-11-8-18-4-5-21-14(18)16-11/h4-8H,2-3,9,15H2,1H3. The third-order valence-electron chi connectivity index (χ3n) is 3.09. The zero-order chi connectivity index (χ0) is 14.8. The summed E-state index contributed by atoms with van der Waals surface area (Å²) in [6, 6.07) is 1.64. The lowest BCUT2D eigenvalue weighted by Crippen LogP contribution is -2.11. The lowest BCUT2D eigenvalue weighted by Gasteiger charge is -2.06. The molecule has 21 heavy (non-hydrogen) atoms. The fourth-order valence-corrected chi connectivity index (χ4v) is 2.91. The van der Waals surface area contributed by atoms with Gasteiger partial charge in [-0.1, -0.05) is 6.92 Å². The number of aromatic nitrogens is 3. The van der Waals surface area contributed by atoms with Crippen LogP contribution in [0.5, 0.6) is 0 Å². The molecule has 110 valence electrons. The third kappa shape index (κ3) is 2.78. The first-order valence-electron chi connectivity index (χ1n) is 6.71. The van der Waals surface area contributed by atoms with E-state index < -0.39 is 0 Å². The Morgan fingerprint density at radius 3 is 3.10 bits per heavy atom. The van der Waals surface area contributed by atoms with Crippen LogP contribution in [0.4, 0.5) is 5.69 Å². The van der Waals surface area contributed by atoms with Crippen LogP contribution in [0.1, 0.15) is 29.5 Å². The smallest absolute Gasteiger partial charge is 0.355 e. The Hall–Kier alpha value is -2.28. The van der Waals surface area contributed by atoms with Crippen molar-refractivity contribution in [1.82, 2.24) is 14.0 Å². The number of thiazole rings is 1. The van der Waals surface area contributed by atoms with Crippen LogP contribution in [0.15, 0.2) is 30.0 Å². The Morgan fingerprint density at radius 1 is 1.48 bits per heavy atom. The van der Waals surface area contributed by atoms with Gasteiger partial charge in [0.05, 0.1) is 11.4 Å². The number of fused-ring (bicyclic) bond motifs is 1. The van der Waals surface area contributed by atoms with Gasteiger partial charge in [-0.3, -0.25) is 4.40 Å². The molecule has 0 aliphatic heterocycles. The van der Waals surface area contributed by atoms with Crippen molar-refractivity contribution in [3.8, 4) is 0 Å². The molecule has 0 aliphatic carbocycles. The van der Waals surface area contributed by atoms with Crippen molar-refractivity contribution in [1.29, 1.82) is 0 Å². The van der Waals surface area contributed by atoms with Crippen LogP contribution in [-0.4, -0.2) is 19.9 Å². The Balaban J connectivity index is 1.70. The molecule has 0 saturated carbocycles. The number of ether oxygens (including phenoxy) is 1. The summed E-state index contributed by atoms with van der Waals surface area (Å²) in [5, 5.41) is 1.96. The highest BCUT2D eigenvalue weighted by Gasteiger charge is 2.15. The number of rotatable bonds is 5. The Labute approximate surface area is 125 Å². The van der Waals surface area contributed by atoms with Gasteiger partial charge in [-0.15, -0.1) is 11.3 Å². The van der Waals surface area contributed by atoms with E-state index in [1.807, 2.05) is 33.7 Å². The Kier molecular flexibility index (Phi) is 3.66. The van der Waals surface area contributed by atoms with Crippen LogP contribution in [0, 0.1) is 0 Å². The van der Waals surface area contributed by atoms with Gasteiger partial charge in [-0.2, -0.15) is 0 Å². The molecule has 0 radical (unpaired) electrons. The van der Waals surface area contributed by atoms with Crippen LogP contribution in [0.2, 0.25) is 0 Å². The highest BCUT2D eigenvalue weighted by molar-refractivity contribution is 7.15. The number of imidazole rings is 1. The van der Waals surface area contributed by atoms with Gasteiger partial charge in [0, 0.05) is 30.5 Å². The van der Waals surface area contributed by atoms with E-state index in [1.165, 1.54) is 0 Å². The molecule has 0 aromatic carbocycles. The summed E-state index contributed by atoms with van der Waals surface area (Å²) in [7, 11) is 0. The maximum Gasteiger partial charge on any atom is 0.355 e. The summed E-state index contributed by atoms with van der Waals surface area (Å²) in [4.78, 5) is 17.4. The molecule has 3 heterocycles. The van der Waals surface area contributed by atoms with Crippen LogP contribution in [0.3, 0.4) is 0 Å². The SMILES string of the molecule is CCCn1cc(N)cc1C(=O)OCc1cn2ccsc2n1. The molecule has 0 amide bonds. The summed E-state index contributed by atoms with van der Waals surface area (Å²) in [5.74, 6) is -0.378. The number of carbonyl (C=O) groups excluding carboxylic acids is 1. The van der Waals surface area contributed by atoms with E-state index in [-0.39, 0.29) is 12.6 Å². The molecule has 0 unspecified atom stereocenters. The zero-order valence-corrected chi connectivity index (χ0v) is 12.5. The molecule has 3 aromatic heterocycles. The monoisotopic (exact) mass is 304 g/mol. The molecule has 6 nitrogen and oxygen atoms in total. The summed E-state index contributed by atoms with van der Waals surface area (Å²) < 4.78 is 9.06. The molecule has 7 heteroatoms. The van der Waals surface area contributed by atoms with Crippen LogP contribution < -0.4 is 5.73 Å². The lowest BCUT2D eigenvalue weighted by atomic mass is 10.4. The lowest BCUT2D eigenvalue weighted by molar-refractivity contribution is 0.0455. The molecule has 3 rings (SSSR count). The number of nitrogen functional groups attached to an aromatic ring is 1. The predicted molar refractivity (Wildman–Crippen MR) is 81.3 cm³/mol. The maximum atomic E-state index is 12.1. The van der Waals surface area contributed by atoms with Gasteiger partial charge in [0.2, 0.25) is 0 Å². The minimum Gasteiger partial charge on any atom is -0.454 e. The topological polar surface area (TPSA) is 74.5 Å². The van der Waals surface area contributed by atoms with Crippen LogP contribution in [-0.2, 0) is 17.9 Å². The number of nitrogens with zero attached hydrogens (tertiary/aromatic N) is 3. The highest BCUT2D eigenvalue weighted by atomic mass is 32.1. The largest absolute Gasteiger partial charge is 0.454 e. The molecule has 0 atom stereocenters. The second-order valence-corrected chi connectivity index (χ2v) is 5.63. The molecule has 0 saturated heterocycles. The molecule has 3 aromatic rings. The molecular formula is C14H16N4O2S. The van der Waals surface area contributed by atoms with E-state index in [4.69, 9.17) is 10.5 Å². The highest BCUT2D eigenvalue weighted by Crippen LogP contribution is 2.15. The molecule has 0 bridgehead atoms. The van der Waals surface area contributed by atoms with E-state index in [9.17, 15) is 4.79 Å². The molecule has 0 fully saturated rings. The fraction of sp³-hybridized carbons (Fsp3) is 0.286. The van der Waals surface area contributed by atoms with Crippen molar-refractivity contribution in [2.24, 2.45) is 0 Å². The minimum atomic E-state index is -0.378.